The van der Waals surface area contributed by atoms with E-state index in [-0.39, 0.29) is 342 Å². The molecule has 0 atom stereocenters. The zero-order valence-electron chi connectivity index (χ0n) is 18.1. The van der Waals surface area contributed by atoms with Gasteiger partial charge in [0, 0.05) is 0 Å². The van der Waals surface area contributed by atoms with E-state index in [1.165, 1.54) is 0 Å². The molecule has 0 unspecified atom stereocenters. The number of nitrogens with zero attached hydrogens (tertiary/aromatic N) is 12. The molecule has 0 aliphatic rings. The van der Waals surface area contributed by atoms with Crippen LogP contribution in [-0.2, 0) is 34.1 Å². The van der Waals surface area contributed by atoms with E-state index in [1.807, 2.05) is 0 Å². The Kier molecular flexibility index (Phi) is 10100. The minimum Gasteiger partial charge on any atom is -0.512 e. The van der Waals surface area contributed by atoms with Crippen LogP contribution < -0.4 is 308 Å². The Balaban J connectivity index is -0.00000000267. The summed E-state index contributed by atoms with van der Waals surface area (Å²) >= 11 is 0. The molecule has 2 radical (unpaired) electrons. The fraction of sp³-hybridized carbons (Fsp3) is 0. The van der Waals surface area contributed by atoms with E-state index in [2.05, 4.69) is 0 Å². The van der Waals surface area contributed by atoms with Crippen molar-refractivity contribution in [2.45, 2.75) is 0 Å². The fourth-order valence-corrected chi connectivity index (χ4v) is 0. The van der Waals surface area contributed by atoms with E-state index in [9.17, 15) is 0 Å². The molecule has 0 aromatic rings. The molecular formula is C12Fe2K6N12. The smallest absolute Gasteiger partial charge is 0.512 e. The number of rotatable bonds is 0. The summed E-state index contributed by atoms with van der Waals surface area (Å²) in [6.45, 7) is 57.0. The molecule has 12 nitrogen and oxygen atoms in total. The molecule has 0 heterocycles. The quantitative estimate of drug-likeness (QED) is 0.173. The zero-order chi connectivity index (χ0) is 24.0. The fourth-order valence-electron chi connectivity index (χ4n) is 0. The molecule has 32 heavy (non-hydrogen) atoms. The van der Waals surface area contributed by atoms with E-state index >= 15 is 0 Å². The van der Waals surface area contributed by atoms with Gasteiger partial charge in [-0.2, -0.15) is 0 Å². The van der Waals surface area contributed by atoms with Gasteiger partial charge in [0.05, 0.1) is 0 Å². The van der Waals surface area contributed by atoms with Crippen LogP contribution in [0.3, 0.4) is 0 Å². The van der Waals surface area contributed by atoms with Gasteiger partial charge in [-0.3, -0.25) is 0 Å². The van der Waals surface area contributed by atoms with Gasteiger partial charge in [-0.25, -0.2) is 0 Å². The van der Waals surface area contributed by atoms with E-state index in [0.29, 0.717) is 0 Å². The number of hydrogen-bond acceptors (Lipinski definition) is 12. The maximum absolute atomic E-state index is 6.25. The SMILES string of the molecule is [C-]#N.[C-]#N.[C-]#N.[C-]#N.[C-]#N.[C-]#N.[C-]#N.[C-]#N.[C-]#N.[C-]#N.[C-]#N.[C-]#N.[Fe+3].[Fe+3].[K+].[K+].[K+].[K+].[K+].[K+]. The van der Waals surface area contributed by atoms with E-state index in [1.54, 1.807) is 0 Å². The first kappa shape index (κ1) is 167. The van der Waals surface area contributed by atoms with Crippen molar-refractivity contribution in [2.75, 3.05) is 0 Å². The van der Waals surface area contributed by atoms with Crippen LogP contribution in [0.4, 0.5) is 0 Å². The Labute approximate surface area is 469 Å². The summed E-state index contributed by atoms with van der Waals surface area (Å²) < 4.78 is 0. The molecule has 0 rings (SSSR count). The number of hydrogen-bond donors (Lipinski definition) is 0. The maximum atomic E-state index is 6.25. The molecule has 20 heteroatoms. The van der Waals surface area contributed by atoms with E-state index < -0.39 is 0 Å². The first-order chi connectivity index (χ1) is 12.0. The summed E-state index contributed by atoms with van der Waals surface area (Å²) in [5, 5.41) is 75.0. The minimum absolute atomic E-state index is 0. The Morgan fingerprint density at radius 2 is 0.156 bits per heavy atom. The largest absolute Gasteiger partial charge is 3.00 e. The molecule has 0 bridgehead atoms. The maximum Gasteiger partial charge on any atom is 3.00 e. The molecule has 0 aromatic carbocycles. The van der Waals surface area contributed by atoms with Gasteiger partial charge in [-0.05, 0) is 0 Å². The normalized spacial score (nSPS) is 0.750. The predicted octanol–water partition coefficient (Wildman–Crippen LogP) is -16.8. The summed E-state index contributed by atoms with van der Waals surface area (Å²) in [5.41, 5.74) is 0. The minimum atomic E-state index is 0. The van der Waals surface area contributed by atoms with Crippen LogP contribution in [0.1, 0.15) is 0 Å². The van der Waals surface area contributed by atoms with Crippen molar-refractivity contribution < 1.29 is 342 Å². The second-order valence-corrected chi connectivity index (χ2v) is 0. The van der Waals surface area contributed by atoms with Crippen molar-refractivity contribution in [3.05, 3.63) is 78.9 Å². The van der Waals surface area contributed by atoms with Gasteiger partial charge in [0.25, 0.3) is 0 Å². The van der Waals surface area contributed by atoms with Gasteiger partial charge in [-0.1, -0.05) is 0 Å². The van der Waals surface area contributed by atoms with E-state index in [4.69, 9.17) is 142 Å². The van der Waals surface area contributed by atoms with Crippen LogP contribution >= 0.6 is 0 Å². The first-order valence-electron chi connectivity index (χ1n) is 2.68. The van der Waals surface area contributed by atoms with Crippen molar-refractivity contribution in [1.82, 2.24) is 0 Å². The van der Waals surface area contributed by atoms with Crippen LogP contribution in [0.5, 0.6) is 0 Å². The average Bonchev–Trinajstić information content (AvgIpc) is 2.84. The average molecular weight is 658 g/mol. The van der Waals surface area contributed by atoms with Crippen molar-refractivity contribution in [3.8, 4) is 0 Å². The molecule has 0 N–H and O–H groups in total. The molecule has 130 valence electrons. The second-order valence-electron chi connectivity index (χ2n) is 0. The van der Waals surface area contributed by atoms with Crippen molar-refractivity contribution in [1.29, 1.82) is 63.1 Å². The molecule has 0 aliphatic heterocycles. The van der Waals surface area contributed by atoms with Crippen LogP contribution in [0.2, 0.25) is 0 Å². The molecule has 0 saturated heterocycles. The van der Waals surface area contributed by atoms with Gasteiger partial charge in [0.2, 0.25) is 0 Å². The third-order valence-electron chi connectivity index (χ3n) is 0. The monoisotopic (exact) mass is 658 g/mol. The molecule has 0 spiro atoms. The Morgan fingerprint density at radius 1 is 0.156 bits per heavy atom. The van der Waals surface area contributed by atoms with Crippen molar-refractivity contribution in [3.63, 3.8) is 0 Å². The summed E-state index contributed by atoms with van der Waals surface area (Å²) in [6, 6.07) is 0. The van der Waals surface area contributed by atoms with Crippen LogP contribution in [-0.4, -0.2) is 0 Å². The third kappa shape index (κ3) is 1760. The molecule has 0 aliphatic carbocycles. The second kappa shape index (κ2) is 1920. The topological polar surface area (TPSA) is 285 Å². The summed E-state index contributed by atoms with van der Waals surface area (Å²) in [5.74, 6) is 0. The van der Waals surface area contributed by atoms with Crippen molar-refractivity contribution in [2.24, 2.45) is 0 Å². The van der Waals surface area contributed by atoms with Gasteiger partial charge in [-0.15, -0.1) is 0 Å². The first-order valence-corrected chi connectivity index (χ1v) is 2.68. The molecule has 0 fully saturated rings. The van der Waals surface area contributed by atoms with Crippen LogP contribution in [0.25, 0.3) is 0 Å². The molecular weight excluding hydrogens is 658 g/mol. The Bertz CT molecular complexity index is 243. The van der Waals surface area contributed by atoms with Crippen molar-refractivity contribution >= 4 is 0 Å². The van der Waals surface area contributed by atoms with Crippen LogP contribution in [0.15, 0.2) is 0 Å². The summed E-state index contributed by atoms with van der Waals surface area (Å²) in [6.07, 6.45) is 0. The Morgan fingerprint density at radius 3 is 0.156 bits per heavy atom. The predicted molar refractivity (Wildman–Crippen MR) is 59.6 cm³/mol. The zero-order valence-corrected chi connectivity index (χ0v) is 39.0. The van der Waals surface area contributed by atoms with Gasteiger partial charge in [0.15, 0.2) is 0 Å². The molecule has 0 saturated carbocycles. The third-order valence-corrected chi connectivity index (χ3v) is 0. The van der Waals surface area contributed by atoms with Gasteiger partial charge in [0.1, 0.15) is 0 Å². The summed E-state index contributed by atoms with van der Waals surface area (Å²) in [7, 11) is 0. The van der Waals surface area contributed by atoms with Crippen LogP contribution in [0, 0.1) is 142 Å². The standard InChI is InChI=1S/12CN.2Fe.6K/c12*1-2;;;;;;;;/q12*-1;2*+3;6*+1. The van der Waals surface area contributed by atoms with Gasteiger partial charge >= 0.3 is 342 Å². The van der Waals surface area contributed by atoms with E-state index in [0.717, 1.165) is 0 Å². The molecule has 0 aromatic heterocycles. The Hall–Kier alpha value is 4.74. The summed E-state index contributed by atoms with van der Waals surface area (Å²) in [4.78, 5) is 0. The molecule has 0 amide bonds. The van der Waals surface area contributed by atoms with Gasteiger partial charge < -0.3 is 142 Å².